The Balaban J connectivity index is 1.50. The summed E-state index contributed by atoms with van der Waals surface area (Å²) in [5.74, 6) is 1.04. The lowest BCUT2D eigenvalue weighted by Crippen LogP contribution is -2.13. The number of hydrogen-bond donors (Lipinski definition) is 1. The average Bonchev–Trinajstić information content (AvgIpc) is 2.98. The first-order chi connectivity index (χ1) is 10.8. The van der Waals surface area contributed by atoms with Crippen LogP contribution in [0.4, 0.5) is 0 Å². The monoisotopic (exact) mass is 319 g/mol. The van der Waals surface area contributed by atoms with Crippen molar-refractivity contribution in [2.45, 2.75) is 64.3 Å². The van der Waals surface area contributed by atoms with Gasteiger partial charge in [-0.05, 0) is 43.3 Å². The van der Waals surface area contributed by atoms with Crippen molar-refractivity contribution in [2.24, 2.45) is 5.73 Å². The zero-order chi connectivity index (χ0) is 15.6. The number of thiophene rings is 1. The molecule has 1 heterocycles. The van der Waals surface area contributed by atoms with Crippen LogP contribution in [0.1, 0.15) is 58.3 Å². The Kier molecular flexibility index (Phi) is 7.75. The predicted molar refractivity (Wildman–Crippen MR) is 97.9 cm³/mol. The molecule has 0 radical (unpaired) electrons. The summed E-state index contributed by atoms with van der Waals surface area (Å²) in [6.07, 6.45) is 10.2. The van der Waals surface area contributed by atoms with Gasteiger partial charge in [-0.3, -0.25) is 0 Å². The Hall–Kier alpha value is -1.06. The van der Waals surface area contributed by atoms with Crippen molar-refractivity contribution < 1.29 is 4.74 Å². The van der Waals surface area contributed by atoms with Gasteiger partial charge in [-0.2, -0.15) is 0 Å². The molecule has 0 saturated heterocycles. The maximum absolute atomic E-state index is 5.94. The van der Waals surface area contributed by atoms with Gasteiger partial charge in [0.05, 0.1) is 6.61 Å². The molecule has 1 atom stereocenters. The third-order valence-corrected chi connectivity index (χ3v) is 4.90. The molecular formula is C19H29NOS. The summed E-state index contributed by atoms with van der Waals surface area (Å²) in [5, 5.41) is 3.38. The molecular weight excluding hydrogens is 290 g/mol. The van der Waals surface area contributed by atoms with Crippen molar-refractivity contribution in [1.29, 1.82) is 0 Å². The second-order valence-electron chi connectivity index (χ2n) is 6.18. The van der Waals surface area contributed by atoms with E-state index in [-0.39, 0.29) is 0 Å². The molecule has 22 heavy (non-hydrogen) atoms. The highest BCUT2D eigenvalue weighted by Crippen LogP contribution is 2.29. The summed E-state index contributed by atoms with van der Waals surface area (Å²) in [7, 11) is 0. The number of nitrogens with two attached hydrogens (primary N) is 1. The lowest BCUT2D eigenvalue weighted by atomic mass is 10.1. The van der Waals surface area contributed by atoms with Crippen molar-refractivity contribution in [3.05, 3.63) is 29.6 Å². The van der Waals surface area contributed by atoms with Gasteiger partial charge in [0.25, 0.3) is 0 Å². The first-order valence-electron chi connectivity index (χ1n) is 8.62. The number of rotatable bonds is 11. The van der Waals surface area contributed by atoms with Crippen LogP contribution in [0.25, 0.3) is 10.1 Å². The van der Waals surface area contributed by atoms with Crippen LogP contribution >= 0.6 is 11.3 Å². The lowest BCUT2D eigenvalue weighted by Gasteiger charge is -2.07. The van der Waals surface area contributed by atoms with Crippen LogP contribution in [0, 0.1) is 0 Å². The Bertz CT molecular complexity index is 535. The minimum atomic E-state index is 0.366. The van der Waals surface area contributed by atoms with Crippen LogP contribution in [0.5, 0.6) is 5.75 Å². The van der Waals surface area contributed by atoms with E-state index < -0.39 is 0 Å². The highest BCUT2D eigenvalue weighted by molar-refractivity contribution is 7.17. The topological polar surface area (TPSA) is 35.2 Å². The van der Waals surface area contributed by atoms with Gasteiger partial charge in [-0.25, -0.2) is 0 Å². The van der Waals surface area contributed by atoms with Crippen LogP contribution < -0.4 is 10.5 Å². The number of hydrogen-bond acceptors (Lipinski definition) is 3. The van der Waals surface area contributed by atoms with E-state index in [0.717, 1.165) is 18.8 Å². The molecule has 0 saturated carbocycles. The molecule has 0 bridgehead atoms. The van der Waals surface area contributed by atoms with Crippen LogP contribution in [0.15, 0.2) is 29.6 Å². The van der Waals surface area contributed by atoms with Gasteiger partial charge in [-0.1, -0.05) is 44.6 Å². The molecule has 0 aliphatic rings. The smallest absolute Gasteiger partial charge is 0.127 e. The summed E-state index contributed by atoms with van der Waals surface area (Å²) < 4.78 is 7.25. The fourth-order valence-electron chi connectivity index (χ4n) is 2.73. The molecule has 0 fully saturated rings. The van der Waals surface area contributed by atoms with Gasteiger partial charge in [0.2, 0.25) is 0 Å². The van der Waals surface area contributed by atoms with E-state index in [1.807, 2.05) is 0 Å². The normalized spacial score (nSPS) is 12.6. The third-order valence-electron chi connectivity index (χ3n) is 4.02. The van der Waals surface area contributed by atoms with Gasteiger partial charge < -0.3 is 10.5 Å². The molecule has 1 unspecified atom stereocenters. The second kappa shape index (κ2) is 9.86. The Morgan fingerprint density at radius 3 is 2.50 bits per heavy atom. The maximum Gasteiger partial charge on any atom is 0.127 e. The minimum Gasteiger partial charge on any atom is -0.493 e. The van der Waals surface area contributed by atoms with E-state index >= 15 is 0 Å². The Morgan fingerprint density at radius 2 is 1.73 bits per heavy atom. The molecule has 0 aliphatic carbocycles. The van der Waals surface area contributed by atoms with E-state index in [2.05, 4.69) is 36.6 Å². The van der Waals surface area contributed by atoms with Crippen LogP contribution in [0.2, 0.25) is 0 Å². The average molecular weight is 320 g/mol. The molecule has 2 N–H and O–H groups in total. The van der Waals surface area contributed by atoms with Gasteiger partial charge in [0.15, 0.2) is 0 Å². The van der Waals surface area contributed by atoms with Gasteiger partial charge in [-0.15, -0.1) is 11.3 Å². The van der Waals surface area contributed by atoms with E-state index in [9.17, 15) is 0 Å². The Labute approximate surface area is 138 Å². The van der Waals surface area contributed by atoms with Gasteiger partial charge >= 0.3 is 0 Å². The summed E-state index contributed by atoms with van der Waals surface area (Å²) in [6.45, 7) is 2.93. The highest BCUT2D eigenvalue weighted by Gasteiger charge is 2.02. The number of benzene rings is 1. The van der Waals surface area contributed by atoms with Crippen molar-refractivity contribution in [1.82, 2.24) is 0 Å². The lowest BCUT2D eigenvalue weighted by molar-refractivity contribution is 0.307. The fraction of sp³-hybridized carbons (Fsp3) is 0.579. The zero-order valence-corrected chi connectivity index (χ0v) is 14.5. The predicted octanol–water partition coefficient (Wildman–Crippen LogP) is 5.75. The molecule has 0 amide bonds. The van der Waals surface area contributed by atoms with Crippen LogP contribution in [0.3, 0.4) is 0 Å². The van der Waals surface area contributed by atoms with Crippen molar-refractivity contribution in [3.8, 4) is 5.75 Å². The van der Waals surface area contributed by atoms with Crippen LogP contribution in [-0.4, -0.2) is 12.6 Å². The minimum absolute atomic E-state index is 0.366. The number of ether oxygens (including phenoxy) is 1. The van der Waals surface area contributed by atoms with E-state index in [4.69, 9.17) is 10.5 Å². The summed E-state index contributed by atoms with van der Waals surface area (Å²) >= 11 is 1.77. The molecule has 0 aliphatic heterocycles. The molecule has 1 aromatic heterocycles. The first kappa shape index (κ1) is 17.3. The molecule has 2 nitrogen and oxygen atoms in total. The van der Waals surface area contributed by atoms with Crippen LogP contribution in [-0.2, 0) is 0 Å². The molecule has 1 aromatic carbocycles. The van der Waals surface area contributed by atoms with Crippen molar-refractivity contribution in [3.63, 3.8) is 0 Å². The SMILES string of the molecule is CC(N)CCCCCCCCCOc1cccc2sccc12. The van der Waals surface area contributed by atoms with Crippen molar-refractivity contribution >= 4 is 21.4 Å². The summed E-state index contributed by atoms with van der Waals surface area (Å²) in [6, 6.07) is 8.82. The molecule has 2 aromatic rings. The molecule has 3 heteroatoms. The molecule has 2 rings (SSSR count). The summed E-state index contributed by atoms with van der Waals surface area (Å²) in [5.41, 5.74) is 5.75. The molecule has 122 valence electrons. The van der Waals surface area contributed by atoms with E-state index in [1.54, 1.807) is 11.3 Å². The standard InChI is InChI=1S/C19H29NOS/c1-16(20)10-7-5-3-2-4-6-8-14-21-18-11-9-12-19-17(18)13-15-22-19/h9,11-13,15-16H,2-8,10,14,20H2,1H3. The Morgan fingerprint density at radius 1 is 1.00 bits per heavy atom. The maximum atomic E-state index is 5.94. The van der Waals surface area contributed by atoms with Gasteiger partial charge in [0.1, 0.15) is 5.75 Å². The van der Waals surface area contributed by atoms with Crippen molar-refractivity contribution in [2.75, 3.05) is 6.61 Å². The molecule has 0 spiro atoms. The largest absolute Gasteiger partial charge is 0.493 e. The number of fused-ring (bicyclic) bond motifs is 1. The first-order valence-corrected chi connectivity index (χ1v) is 9.50. The van der Waals surface area contributed by atoms with E-state index in [1.165, 1.54) is 55.0 Å². The number of unbranched alkanes of at least 4 members (excludes halogenated alkanes) is 6. The van der Waals surface area contributed by atoms with Gasteiger partial charge in [0, 0.05) is 16.1 Å². The second-order valence-corrected chi connectivity index (χ2v) is 7.13. The highest BCUT2D eigenvalue weighted by atomic mass is 32.1. The summed E-state index contributed by atoms with van der Waals surface area (Å²) in [4.78, 5) is 0. The third kappa shape index (κ3) is 5.98. The van der Waals surface area contributed by atoms with E-state index in [0.29, 0.717) is 6.04 Å². The fourth-order valence-corrected chi connectivity index (χ4v) is 3.53. The zero-order valence-electron chi connectivity index (χ0n) is 13.7. The quantitative estimate of drug-likeness (QED) is 0.535.